The van der Waals surface area contributed by atoms with Crippen LogP contribution in [0.5, 0.6) is 5.75 Å². The Morgan fingerprint density at radius 3 is 2.93 bits per heavy atom. The van der Waals surface area contributed by atoms with Gasteiger partial charge in [-0.3, -0.25) is 0 Å². The Morgan fingerprint density at radius 2 is 2.29 bits per heavy atom. The highest BCUT2D eigenvalue weighted by Gasteiger charge is 1.97. The van der Waals surface area contributed by atoms with Gasteiger partial charge in [0.1, 0.15) is 5.75 Å². The lowest BCUT2D eigenvalue weighted by molar-refractivity contribution is 0.191. The predicted molar refractivity (Wildman–Crippen MR) is 56.4 cm³/mol. The topological polar surface area (TPSA) is 41.5 Å². The second-order valence-electron chi connectivity index (χ2n) is 3.33. The SMILES string of the molecule is COc1cccc(CNCC(C)O)c1. The van der Waals surface area contributed by atoms with Crippen molar-refractivity contribution in [3.63, 3.8) is 0 Å². The molecule has 0 saturated carbocycles. The molecular formula is C11H17NO2. The maximum Gasteiger partial charge on any atom is 0.119 e. The van der Waals surface area contributed by atoms with E-state index in [1.54, 1.807) is 14.0 Å². The molecular weight excluding hydrogens is 178 g/mol. The summed E-state index contributed by atoms with van der Waals surface area (Å²) in [7, 11) is 1.66. The van der Waals surface area contributed by atoms with Gasteiger partial charge in [-0.05, 0) is 24.6 Å². The molecule has 0 aliphatic carbocycles. The molecule has 0 aliphatic heterocycles. The molecule has 3 nitrogen and oxygen atoms in total. The molecule has 1 aromatic rings. The van der Waals surface area contributed by atoms with Crippen LogP contribution in [0.15, 0.2) is 24.3 Å². The third-order valence-electron chi connectivity index (χ3n) is 1.90. The van der Waals surface area contributed by atoms with E-state index in [-0.39, 0.29) is 6.10 Å². The Labute approximate surface area is 84.7 Å². The van der Waals surface area contributed by atoms with Crippen LogP contribution in [0.4, 0.5) is 0 Å². The van der Waals surface area contributed by atoms with Crippen molar-refractivity contribution in [2.45, 2.75) is 19.6 Å². The molecule has 3 heteroatoms. The molecule has 1 aromatic carbocycles. The monoisotopic (exact) mass is 195 g/mol. The van der Waals surface area contributed by atoms with Gasteiger partial charge in [0.05, 0.1) is 13.2 Å². The minimum atomic E-state index is -0.305. The van der Waals surface area contributed by atoms with Crippen LogP contribution in [0.25, 0.3) is 0 Å². The minimum absolute atomic E-state index is 0.305. The first-order valence-corrected chi connectivity index (χ1v) is 4.74. The lowest BCUT2D eigenvalue weighted by Crippen LogP contribution is -2.23. The maximum absolute atomic E-state index is 9.04. The number of benzene rings is 1. The third-order valence-corrected chi connectivity index (χ3v) is 1.90. The summed E-state index contributed by atoms with van der Waals surface area (Å²) in [4.78, 5) is 0. The normalized spacial score (nSPS) is 12.5. The molecule has 0 heterocycles. The van der Waals surface area contributed by atoms with Crippen molar-refractivity contribution in [1.29, 1.82) is 0 Å². The van der Waals surface area contributed by atoms with Crippen molar-refractivity contribution in [3.05, 3.63) is 29.8 Å². The molecule has 14 heavy (non-hydrogen) atoms. The molecule has 1 atom stereocenters. The molecule has 0 bridgehead atoms. The first-order chi connectivity index (χ1) is 6.72. The van der Waals surface area contributed by atoms with E-state index >= 15 is 0 Å². The molecule has 0 radical (unpaired) electrons. The largest absolute Gasteiger partial charge is 0.497 e. The van der Waals surface area contributed by atoms with Gasteiger partial charge < -0.3 is 15.2 Å². The smallest absolute Gasteiger partial charge is 0.119 e. The van der Waals surface area contributed by atoms with E-state index in [2.05, 4.69) is 5.32 Å². The zero-order chi connectivity index (χ0) is 10.4. The number of hydrogen-bond donors (Lipinski definition) is 2. The van der Waals surface area contributed by atoms with E-state index in [1.807, 2.05) is 24.3 Å². The Balaban J connectivity index is 2.42. The molecule has 0 aromatic heterocycles. The molecule has 78 valence electrons. The zero-order valence-electron chi connectivity index (χ0n) is 8.66. The number of nitrogens with one attached hydrogen (secondary N) is 1. The van der Waals surface area contributed by atoms with Crippen LogP contribution in [-0.2, 0) is 6.54 Å². The number of aliphatic hydroxyl groups is 1. The van der Waals surface area contributed by atoms with Crippen LogP contribution in [0, 0.1) is 0 Å². The number of ether oxygens (including phenoxy) is 1. The second kappa shape index (κ2) is 5.62. The van der Waals surface area contributed by atoms with E-state index in [1.165, 1.54) is 0 Å². The maximum atomic E-state index is 9.04. The van der Waals surface area contributed by atoms with Crippen molar-refractivity contribution in [3.8, 4) is 5.75 Å². The van der Waals surface area contributed by atoms with Crippen LogP contribution in [-0.4, -0.2) is 24.9 Å². The second-order valence-corrected chi connectivity index (χ2v) is 3.33. The molecule has 2 N–H and O–H groups in total. The Morgan fingerprint density at radius 1 is 1.50 bits per heavy atom. The fraction of sp³-hybridized carbons (Fsp3) is 0.455. The van der Waals surface area contributed by atoms with Gasteiger partial charge >= 0.3 is 0 Å². The number of aliphatic hydroxyl groups excluding tert-OH is 1. The van der Waals surface area contributed by atoms with E-state index in [0.717, 1.165) is 17.9 Å². The van der Waals surface area contributed by atoms with Crippen molar-refractivity contribution < 1.29 is 9.84 Å². The standard InChI is InChI=1S/C11H17NO2/c1-9(13)7-12-8-10-4-3-5-11(6-10)14-2/h3-6,9,12-13H,7-8H2,1-2H3. The van der Waals surface area contributed by atoms with Crippen molar-refractivity contribution in [2.24, 2.45) is 0 Å². The lowest BCUT2D eigenvalue weighted by Gasteiger charge is -2.07. The van der Waals surface area contributed by atoms with Gasteiger partial charge in [0.25, 0.3) is 0 Å². The van der Waals surface area contributed by atoms with E-state index < -0.39 is 0 Å². The summed E-state index contributed by atoms with van der Waals surface area (Å²) in [5.74, 6) is 0.862. The number of rotatable bonds is 5. The molecule has 0 spiro atoms. The average Bonchev–Trinajstić information content (AvgIpc) is 2.18. The van der Waals surface area contributed by atoms with Gasteiger partial charge in [-0.2, -0.15) is 0 Å². The minimum Gasteiger partial charge on any atom is -0.497 e. The van der Waals surface area contributed by atoms with Gasteiger partial charge in [0, 0.05) is 13.1 Å². The summed E-state index contributed by atoms with van der Waals surface area (Å²) in [6.07, 6.45) is -0.305. The first kappa shape index (κ1) is 11.0. The fourth-order valence-corrected chi connectivity index (χ4v) is 1.21. The summed E-state index contributed by atoms with van der Waals surface area (Å²) < 4.78 is 5.11. The summed E-state index contributed by atoms with van der Waals surface area (Å²) >= 11 is 0. The summed E-state index contributed by atoms with van der Waals surface area (Å²) in [5, 5.41) is 12.2. The van der Waals surface area contributed by atoms with Crippen molar-refractivity contribution in [2.75, 3.05) is 13.7 Å². The summed E-state index contributed by atoms with van der Waals surface area (Å²) in [6, 6.07) is 7.88. The predicted octanol–water partition coefficient (Wildman–Crippen LogP) is 1.17. The first-order valence-electron chi connectivity index (χ1n) is 4.74. The Bertz CT molecular complexity index is 274. The highest BCUT2D eigenvalue weighted by molar-refractivity contribution is 5.28. The van der Waals surface area contributed by atoms with Crippen LogP contribution in [0.3, 0.4) is 0 Å². The average molecular weight is 195 g/mol. The van der Waals surface area contributed by atoms with Gasteiger partial charge in [-0.1, -0.05) is 12.1 Å². The number of methoxy groups -OCH3 is 1. The third kappa shape index (κ3) is 3.77. The van der Waals surface area contributed by atoms with Crippen LogP contribution >= 0.6 is 0 Å². The number of hydrogen-bond acceptors (Lipinski definition) is 3. The highest BCUT2D eigenvalue weighted by atomic mass is 16.5. The van der Waals surface area contributed by atoms with Gasteiger partial charge in [-0.15, -0.1) is 0 Å². The van der Waals surface area contributed by atoms with Crippen molar-refractivity contribution >= 4 is 0 Å². The fourth-order valence-electron chi connectivity index (χ4n) is 1.21. The van der Waals surface area contributed by atoms with Crippen LogP contribution in [0.2, 0.25) is 0 Å². The highest BCUT2D eigenvalue weighted by Crippen LogP contribution is 2.11. The zero-order valence-corrected chi connectivity index (χ0v) is 8.66. The van der Waals surface area contributed by atoms with Gasteiger partial charge in [0.2, 0.25) is 0 Å². The molecule has 0 fully saturated rings. The van der Waals surface area contributed by atoms with E-state index in [0.29, 0.717) is 6.54 Å². The summed E-state index contributed by atoms with van der Waals surface area (Å²) in [6.45, 7) is 3.12. The van der Waals surface area contributed by atoms with Crippen LogP contribution in [0.1, 0.15) is 12.5 Å². The van der Waals surface area contributed by atoms with Gasteiger partial charge in [-0.25, -0.2) is 0 Å². The Hall–Kier alpha value is -1.06. The molecule has 1 rings (SSSR count). The molecule has 0 amide bonds. The van der Waals surface area contributed by atoms with Crippen LogP contribution < -0.4 is 10.1 Å². The molecule has 1 unspecified atom stereocenters. The quantitative estimate of drug-likeness (QED) is 0.741. The molecule has 0 saturated heterocycles. The molecule has 0 aliphatic rings. The Kier molecular flexibility index (Phi) is 4.43. The van der Waals surface area contributed by atoms with Gasteiger partial charge in [0.15, 0.2) is 0 Å². The lowest BCUT2D eigenvalue weighted by atomic mass is 10.2. The van der Waals surface area contributed by atoms with Crippen molar-refractivity contribution in [1.82, 2.24) is 5.32 Å². The van der Waals surface area contributed by atoms with E-state index in [4.69, 9.17) is 9.84 Å². The van der Waals surface area contributed by atoms with E-state index in [9.17, 15) is 0 Å². The summed E-state index contributed by atoms with van der Waals surface area (Å²) in [5.41, 5.74) is 1.16.